The van der Waals surface area contributed by atoms with Gasteiger partial charge in [-0.15, -0.1) is 5.10 Å². The van der Waals surface area contributed by atoms with Crippen molar-refractivity contribution in [2.45, 2.75) is 39.0 Å². The van der Waals surface area contributed by atoms with Gasteiger partial charge in [0.15, 0.2) is 11.6 Å². The van der Waals surface area contributed by atoms with Crippen molar-refractivity contribution in [2.75, 3.05) is 0 Å². The average Bonchev–Trinajstić information content (AvgIpc) is 3.06. The van der Waals surface area contributed by atoms with E-state index in [1.54, 1.807) is 0 Å². The molecule has 1 aromatic carbocycles. The van der Waals surface area contributed by atoms with Gasteiger partial charge in [-0.2, -0.15) is 26.3 Å². The van der Waals surface area contributed by atoms with E-state index in [1.807, 2.05) is 13.8 Å². The van der Waals surface area contributed by atoms with E-state index in [1.165, 1.54) is 6.20 Å². The van der Waals surface area contributed by atoms with Crippen LogP contribution in [0, 0.1) is 5.92 Å². The van der Waals surface area contributed by atoms with Crippen LogP contribution in [-0.2, 0) is 17.1 Å². The fraction of sp³-hybridized carbons (Fsp3) is 0.389. The molecule has 0 spiro atoms. The molecule has 0 aliphatic rings. The van der Waals surface area contributed by atoms with Crippen LogP contribution in [0.5, 0.6) is 0 Å². The van der Waals surface area contributed by atoms with E-state index >= 15 is 0 Å². The third kappa shape index (κ3) is 6.41. The summed E-state index contributed by atoms with van der Waals surface area (Å²) in [5.74, 6) is -0.233. The molecule has 0 fully saturated rings. The average molecular weight is 484 g/mol. The highest BCUT2D eigenvalue weighted by Gasteiger charge is 2.37. The summed E-state index contributed by atoms with van der Waals surface area (Å²) >= 11 is 3.10. The van der Waals surface area contributed by atoms with Crippen molar-refractivity contribution in [1.82, 2.24) is 14.8 Å². The van der Waals surface area contributed by atoms with Crippen LogP contribution in [0.15, 0.2) is 29.0 Å². The van der Waals surface area contributed by atoms with E-state index in [0.29, 0.717) is 24.5 Å². The van der Waals surface area contributed by atoms with Crippen molar-refractivity contribution in [3.8, 4) is 11.4 Å². The second-order valence-corrected chi connectivity index (χ2v) is 7.53. The standard InChI is InChI=1S/C18H16BrF6N3O/c1-10(2)3-4-15(29)14(19)8-28-9-26-16(27-28)11-5-12(17(20,21)22)7-13(6-11)18(23,24)25/h5-10H,3-4H2,1-2H3/b14-8-. The summed E-state index contributed by atoms with van der Waals surface area (Å²) in [6.45, 7) is 3.91. The number of alkyl halides is 6. The van der Waals surface area contributed by atoms with Gasteiger partial charge in [-0.1, -0.05) is 13.8 Å². The lowest BCUT2D eigenvalue weighted by molar-refractivity contribution is -0.143. The molecule has 0 radical (unpaired) electrons. The Kier molecular flexibility index (Phi) is 6.92. The van der Waals surface area contributed by atoms with Gasteiger partial charge in [0.1, 0.15) is 6.33 Å². The van der Waals surface area contributed by atoms with Gasteiger partial charge in [0.25, 0.3) is 0 Å². The van der Waals surface area contributed by atoms with Crippen LogP contribution in [0.3, 0.4) is 0 Å². The first-order valence-corrected chi connectivity index (χ1v) is 9.18. The van der Waals surface area contributed by atoms with Gasteiger partial charge in [0.05, 0.1) is 15.6 Å². The highest BCUT2D eigenvalue weighted by molar-refractivity contribution is 9.12. The SMILES string of the molecule is CC(C)CCC(=O)/C(Br)=C/n1cnc(-c2cc(C(F)(F)F)cc(C(F)(F)F)c2)n1. The van der Waals surface area contributed by atoms with Gasteiger partial charge >= 0.3 is 12.4 Å². The summed E-state index contributed by atoms with van der Waals surface area (Å²) in [5.41, 5.74) is -3.36. The summed E-state index contributed by atoms with van der Waals surface area (Å²) in [5, 5.41) is 3.86. The summed E-state index contributed by atoms with van der Waals surface area (Å²) < 4.78 is 79.1. The lowest BCUT2D eigenvalue weighted by Crippen LogP contribution is -2.11. The summed E-state index contributed by atoms with van der Waals surface area (Å²) in [6, 6.07) is 1.12. The minimum Gasteiger partial charge on any atom is -0.294 e. The van der Waals surface area contributed by atoms with Crippen LogP contribution in [0.4, 0.5) is 26.3 Å². The van der Waals surface area contributed by atoms with Crippen LogP contribution in [0.1, 0.15) is 37.8 Å². The number of allylic oxidation sites excluding steroid dienone is 1. The highest BCUT2D eigenvalue weighted by Crippen LogP contribution is 2.38. The van der Waals surface area contributed by atoms with Crippen LogP contribution in [0.2, 0.25) is 0 Å². The topological polar surface area (TPSA) is 47.8 Å². The zero-order chi connectivity index (χ0) is 22.0. The molecule has 29 heavy (non-hydrogen) atoms. The number of aromatic nitrogens is 3. The lowest BCUT2D eigenvalue weighted by atomic mass is 10.0. The van der Waals surface area contributed by atoms with E-state index < -0.39 is 29.0 Å². The molecule has 0 amide bonds. The molecule has 11 heteroatoms. The molecule has 0 aliphatic heterocycles. The van der Waals surface area contributed by atoms with Gasteiger partial charge in [-0.3, -0.25) is 4.79 Å². The molecule has 0 bridgehead atoms. The minimum absolute atomic E-state index is 0.0321. The van der Waals surface area contributed by atoms with Crippen LogP contribution < -0.4 is 0 Å². The van der Waals surface area contributed by atoms with E-state index in [-0.39, 0.29) is 28.6 Å². The number of carbonyl (C=O) groups is 1. The molecule has 4 nitrogen and oxygen atoms in total. The Bertz CT molecular complexity index is 883. The monoisotopic (exact) mass is 483 g/mol. The fourth-order valence-corrected chi connectivity index (χ4v) is 2.69. The Morgan fingerprint density at radius 3 is 2.14 bits per heavy atom. The molecule has 0 atom stereocenters. The number of hydrogen-bond acceptors (Lipinski definition) is 3. The highest BCUT2D eigenvalue weighted by atomic mass is 79.9. The van der Waals surface area contributed by atoms with Crippen LogP contribution in [-0.4, -0.2) is 20.5 Å². The first-order chi connectivity index (χ1) is 13.3. The second-order valence-electron chi connectivity index (χ2n) is 6.68. The van der Waals surface area contributed by atoms with Gasteiger partial charge in [-0.25, -0.2) is 9.67 Å². The quantitative estimate of drug-likeness (QED) is 0.364. The molecule has 0 saturated heterocycles. The Hall–Kier alpha value is -2.17. The third-order valence-electron chi connectivity index (χ3n) is 3.82. The van der Waals surface area contributed by atoms with Crippen molar-refractivity contribution in [2.24, 2.45) is 5.92 Å². The fourth-order valence-electron chi connectivity index (χ4n) is 2.28. The molecule has 1 heterocycles. The number of Topliss-reactive ketones (excluding diaryl/α,β-unsaturated/α-hetero) is 1. The minimum atomic E-state index is -4.97. The molecule has 1 aromatic heterocycles. The number of nitrogens with zero attached hydrogens (tertiary/aromatic N) is 3. The molecule has 0 saturated carbocycles. The molecular weight excluding hydrogens is 468 g/mol. The number of ketones is 1. The summed E-state index contributed by atoms with van der Waals surface area (Å²) in [7, 11) is 0. The van der Waals surface area contributed by atoms with Gasteiger partial charge < -0.3 is 0 Å². The normalized spacial score (nSPS) is 13.2. The summed E-state index contributed by atoms with van der Waals surface area (Å²) in [4.78, 5) is 15.8. The zero-order valence-corrected chi connectivity index (χ0v) is 16.9. The molecule has 2 rings (SSSR count). The van der Waals surface area contributed by atoms with Crippen LogP contribution >= 0.6 is 15.9 Å². The maximum Gasteiger partial charge on any atom is 0.416 e. The van der Waals surface area contributed by atoms with Crippen molar-refractivity contribution in [1.29, 1.82) is 0 Å². The smallest absolute Gasteiger partial charge is 0.294 e. The van der Waals surface area contributed by atoms with Crippen molar-refractivity contribution in [3.05, 3.63) is 40.1 Å². The zero-order valence-electron chi connectivity index (χ0n) is 15.3. The van der Waals surface area contributed by atoms with Crippen molar-refractivity contribution < 1.29 is 31.1 Å². The molecule has 0 unspecified atom stereocenters. The predicted molar refractivity (Wildman–Crippen MR) is 97.7 cm³/mol. The Morgan fingerprint density at radius 2 is 1.66 bits per heavy atom. The predicted octanol–water partition coefficient (Wildman–Crippen LogP) is 6.18. The van der Waals surface area contributed by atoms with Crippen molar-refractivity contribution in [3.63, 3.8) is 0 Å². The third-order valence-corrected chi connectivity index (χ3v) is 4.46. The first kappa shape index (κ1) is 23.1. The van der Waals surface area contributed by atoms with E-state index in [4.69, 9.17) is 0 Å². The van der Waals surface area contributed by atoms with Gasteiger partial charge in [0.2, 0.25) is 0 Å². The lowest BCUT2D eigenvalue weighted by Gasteiger charge is -2.13. The molecule has 0 N–H and O–H groups in total. The second kappa shape index (κ2) is 8.68. The van der Waals surface area contributed by atoms with Crippen LogP contribution in [0.25, 0.3) is 17.6 Å². The van der Waals surface area contributed by atoms with E-state index in [9.17, 15) is 31.1 Å². The molecule has 0 aliphatic carbocycles. The largest absolute Gasteiger partial charge is 0.416 e. The van der Waals surface area contributed by atoms with E-state index in [0.717, 1.165) is 11.0 Å². The number of hydrogen-bond donors (Lipinski definition) is 0. The first-order valence-electron chi connectivity index (χ1n) is 8.39. The number of carbonyl (C=O) groups excluding carboxylic acids is 1. The Labute approximate surface area is 170 Å². The van der Waals surface area contributed by atoms with Gasteiger partial charge in [0, 0.05) is 18.2 Å². The molecular formula is C18H16BrF6N3O. The Balaban J connectivity index is 2.36. The maximum absolute atomic E-state index is 13.0. The molecule has 158 valence electrons. The maximum atomic E-state index is 13.0. The van der Waals surface area contributed by atoms with Crippen molar-refractivity contribution >= 4 is 27.9 Å². The number of benzene rings is 1. The van der Waals surface area contributed by atoms with E-state index in [2.05, 4.69) is 26.0 Å². The molecule has 2 aromatic rings. The number of rotatable bonds is 6. The Morgan fingerprint density at radius 1 is 1.10 bits per heavy atom. The summed E-state index contributed by atoms with van der Waals surface area (Å²) in [6.07, 6.45) is -6.67. The van der Waals surface area contributed by atoms with Gasteiger partial charge in [-0.05, 0) is 46.5 Å². The number of halogens is 7.